The van der Waals surface area contributed by atoms with Crippen molar-refractivity contribution < 1.29 is 19.1 Å². The zero-order chi connectivity index (χ0) is 22.9. The van der Waals surface area contributed by atoms with E-state index in [-0.39, 0.29) is 30.5 Å². The molecule has 172 valence electrons. The van der Waals surface area contributed by atoms with E-state index >= 15 is 0 Å². The van der Waals surface area contributed by atoms with E-state index in [1.807, 2.05) is 31.2 Å². The van der Waals surface area contributed by atoms with Gasteiger partial charge in [-0.2, -0.15) is 0 Å². The van der Waals surface area contributed by atoms with Gasteiger partial charge in [-0.05, 0) is 59.8 Å². The molecule has 0 saturated heterocycles. The minimum Gasteiger partial charge on any atom is -0.460 e. The van der Waals surface area contributed by atoms with Crippen LogP contribution in [0.15, 0.2) is 61.2 Å². The van der Waals surface area contributed by atoms with Crippen LogP contribution in [0.25, 0.3) is 11.1 Å². The molecule has 0 heterocycles. The van der Waals surface area contributed by atoms with Crippen molar-refractivity contribution in [3.05, 3.63) is 72.3 Å². The highest BCUT2D eigenvalue weighted by atomic mass is 16.6. The molecule has 0 bridgehead atoms. The first-order chi connectivity index (χ1) is 16.1. The summed E-state index contributed by atoms with van der Waals surface area (Å²) in [5, 5.41) is 2.76. The summed E-state index contributed by atoms with van der Waals surface area (Å²) in [6.07, 6.45) is 5.53. The second kappa shape index (κ2) is 9.05. The molecule has 1 unspecified atom stereocenters. The first kappa shape index (κ1) is 21.7. The standard InChI is InChI=1S/C28H31NO4/c1-3-17(2)25(27(30)33-26(18-12-13-18)19-14-15-19)29-28(31)32-16-24-22-10-6-4-8-20(22)21-9-5-7-11-23(21)24/h3-11,17-19,24-26H,1,12-16H2,2H3,(H,29,31)/t17-,25?/m0/s1. The fourth-order valence-electron chi connectivity index (χ4n) is 4.94. The molecule has 2 aromatic carbocycles. The SMILES string of the molecule is C=C[C@H](C)C(NC(=O)OCC1c2ccccc2-c2ccccc21)C(=O)OC(C1CC1)C1CC1. The summed E-state index contributed by atoms with van der Waals surface area (Å²) in [6.45, 7) is 5.86. The fourth-order valence-corrected chi connectivity index (χ4v) is 4.94. The van der Waals surface area contributed by atoms with E-state index in [1.54, 1.807) is 6.08 Å². The summed E-state index contributed by atoms with van der Waals surface area (Å²) in [5.41, 5.74) is 4.65. The Kier molecular flexibility index (Phi) is 5.96. The highest BCUT2D eigenvalue weighted by molar-refractivity contribution is 5.82. The van der Waals surface area contributed by atoms with E-state index in [0.29, 0.717) is 11.8 Å². The molecular formula is C28H31NO4. The molecule has 0 spiro atoms. The lowest BCUT2D eigenvalue weighted by Crippen LogP contribution is -2.47. The number of benzene rings is 2. The van der Waals surface area contributed by atoms with Crippen LogP contribution in [0, 0.1) is 17.8 Å². The third kappa shape index (κ3) is 4.54. The predicted octanol–water partition coefficient (Wildman–Crippen LogP) is 5.45. The van der Waals surface area contributed by atoms with Gasteiger partial charge < -0.3 is 14.8 Å². The molecule has 2 saturated carbocycles. The van der Waals surface area contributed by atoms with Gasteiger partial charge in [0.05, 0.1) is 0 Å². The lowest BCUT2D eigenvalue weighted by molar-refractivity contribution is -0.154. The third-order valence-corrected chi connectivity index (χ3v) is 7.19. The number of amides is 1. The number of esters is 1. The van der Waals surface area contributed by atoms with Crippen molar-refractivity contribution in [3.8, 4) is 11.1 Å². The molecule has 5 heteroatoms. The van der Waals surface area contributed by atoms with Crippen molar-refractivity contribution in [1.29, 1.82) is 0 Å². The second-order valence-corrected chi connectivity index (χ2v) is 9.62. The first-order valence-electron chi connectivity index (χ1n) is 12.0. The molecule has 5 rings (SSSR count). The molecule has 2 fully saturated rings. The minimum absolute atomic E-state index is 0.0127. The van der Waals surface area contributed by atoms with Gasteiger partial charge in [-0.1, -0.05) is 61.5 Å². The largest absolute Gasteiger partial charge is 0.460 e. The molecule has 33 heavy (non-hydrogen) atoms. The third-order valence-electron chi connectivity index (χ3n) is 7.19. The Morgan fingerprint density at radius 2 is 1.55 bits per heavy atom. The average Bonchev–Trinajstić information content (AvgIpc) is 3.76. The van der Waals surface area contributed by atoms with Crippen LogP contribution in [-0.4, -0.2) is 30.8 Å². The van der Waals surface area contributed by atoms with Crippen LogP contribution in [0.4, 0.5) is 4.79 Å². The lowest BCUT2D eigenvalue weighted by atomic mass is 9.98. The van der Waals surface area contributed by atoms with Crippen LogP contribution in [0.1, 0.15) is 49.7 Å². The second-order valence-electron chi connectivity index (χ2n) is 9.62. The lowest BCUT2D eigenvalue weighted by Gasteiger charge is -2.25. The number of alkyl carbamates (subject to hydrolysis) is 1. The summed E-state index contributed by atoms with van der Waals surface area (Å²) in [5.74, 6) is 0.280. The van der Waals surface area contributed by atoms with E-state index in [0.717, 1.165) is 36.8 Å². The number of carbonyl (C=O) groups is 2. The van der Waals surface area contributed by atoms with Crippen molar-refractivity contribution in [2.75, 3.05) is 6.61 Å². The highest BCUT2D eigenvalue weighted by Gasteiger charge is 2.45. The summed E-state index contributed by atoms with van der Waals surface area (Å²) in [6, 6.07) is 15.6. The van der Waals surface area contributed by atoms with Gasteiger partial charge in [0.2, 0.25) is 0 Å². The summed E-state index contributed by atoms with van der Waals surface area (Å²) >= 11 is 0. The van der Waals surface area contributed by atoms with Crippen LogP contribution in [0.2, 0.25) is 0 Å². The number of fused-ring (bicyclic) bond motifs is 3. The summed E-state index contributed by atoms with van der Waals surface area (Å²) < 4.78 is 11.5. The van der Waals surface area contributed by atoms with Gasteiger partial charge in [0.1, 0.15) is 18.8 Å². The molecule has 0 radical (unpaired) electrons. The first-order valence-corrected chi connectivity index (χ1v) is 12.0. The zero-order valence-corrected chi connectivity index (χ0v) is 19.0. The van der Waals surface area contributed by atoms with Crippen LogP contribution < -0.4 is 5.32 Å². The Bertz CT molecular complexity index is 998. The maximum absolute atomic E-state index is 13.0. The fraction of sp³-hybridized carbons (Fsp3) is 0.429. The number of rotatable bonds is 9. The Balaban J connectivity index is 1.24. The predicted molar refractivity (Wildman–Crippen MR) is 127 cm³/mol. The van der Waals surface area contributed by atoms with Crippen LogP contribution >= 0.6 is 0 Å². The minimum atomic E-state index is -0.807. The van der Waals surface area contributed by atoms with E-state index in [2.05, 4.69) is 36.2 Å². The van der Waals surface area contributed by atoms with Crippen molar-refractivity contribution >= 4 is 12.1 Å². The van der Waals surface area contributed by atoms with E-state index < -0.39 is 12.1 Å². The number of hydrogen-bond donors (Lipinski definition) is 1. The molecule has 5 nitrogen and oxygen atoms in total. The van der Waals surface area contributed by atoms with Crippen LogP contribution in [0.5, 0.6) is 0 Å². The molecule has 2 atom stereocenters. The number of carbonyl (C=O) groups excluding carboxylic acids is 2. The molecule has 1 N–H and O–H groups in total. The Hall–Kier alpha value is -3.08. The average molecular weight is 446 g/mol. The van der Waals surface area contributed by atoms with Gasteiger partial charge in [-0.15, -0.1) is 6.58 Å². The molecule has 0 aromatic heterocycles. The zero-order valence-electron chi connectivity index (χ0n) is 19.0. The van der Waals surface area contributed by atoms with Crippen molar-refractivity contribution in [1.82, 2.24) is 5.32 Å². The van der Waals surface area contributed by atoms with Crippen molar-refractivity contribution in [3.63, 3.8) is 0 Å². The quantitative estimate of drug-likeness (QED) is 0.412. The van der Waals surface area contributed by atoms with E-state index in [4.69, 9.17) is 9.47 Å². The topological polar surface area (TPSA) is 64.6 Å². The van der Waals surface area contributed by atoms with E-state index in [9.17, 15) is 9.59 Å². The number of hydrogen-bond acceptors (Lipinski definition) is 4. The maximum atomic E-state index is 13.0. The number of ether oxygens (including phenoxy) is 2. The highest BCUT2D eigenvalue weighted by Crippen LogP contribution is 2.47. The Labute approximate surface area is 195 Å². The summed E-state index contributed by atoms with van der Waals surface area (Å²) in [4.78, 5) is 25.8. The maximum Gasteiger partial charge on any atom is 0.407 e. The van der Waals surface area contributed by atoms with Gasteiger partial charge in [0.25, 0.3) is 0 Å². The van der Waals surface area contributed by atoms with Crippen LogP contribution in [0.3, 0.4) is 0 Å². The van der Waals surface area contributed by atoms with Crippen molar-refractivity contribution in [2.45, 2.75) is 50.7 Å². The Morgan fingerprint density at radius 3 is 2.06 bits per heavy atom. The summed E-state index contributed by atoms with van der Waals surface area (Å²) in [7, 11) is 0. The van der Waals surface area contributed by atoms with Crippen molar-refractivity contribution in [2.24, 2.45) is 17.8 Å². The van der Waals surface area contributed by atoms with Gasteiger partial charge in [-0.25, -0.2) is 9.59 Å². The van der Waals surface area contributed by atoms with Gasteiger partial charge in [0, 0.05) is 11.8 Å². The molecule has 3 aliphatic carbocycles. The van der Waals surface area contributed by atoms with E-state index in [1.165, 1.54) is 11.1 Å². The normalized spacial score (nSPS) is 18.7. The van der Waals surface area contributed by atoms with Gasteiger partial charge in [0.15, 0.2) is 0 Å². The number of nitrogens with one attached hydrogen (secondary N) is 1. The molecule has 0 aliphatic heterocycles. The monoisotopic (exact) mass is 445 g/mol. The smallest absolute Gasteiger partial charge is 0.407 e. The molecular weight excluding hydrogens is 414 g/mol. The van der Waals surface area contributed by atoms with Gasteiger partial charge in [-0.3, -0.25) is 0 Å². The molecule has 3 aliphatic rings. The Morgan fingerprint density at radius 1 is 1.00 bits per heavy atom. The molecule has 1 amide bonds. The van der Waals surface area contributed by atoms with Gasteiger partial charge >= 0.3 is 12.1 Å². The van der Waals surface area contributed by atoms with Crippen LogP contribution in [-0.2, 0) is 14.3 Å². The molecule has 2 aromatic rings.